The third-order valence-electron chi connectivity index (χ3n) is 10.1. The highest BCUT2D eigenvalue weighted by atomic mass is 16.6. The summed E-state index contributed by atoms with van der Waals surface area (Å²) < 4.78 is 22.4. The van der Waals surface area contributed by atoms with Gasteiger partial charge in [0.15, 0.2) is 0 Å². The van der Waals surface area contributed by atoms with Crippen molar-refractivity contribution in [2.24, 2.45) is 11.8 Å². The SMILES string of the molecule is O=C(NC(Cc1ccccc1)C(O)CC(Cc1ccc(OCCN2CCOCC2)cc1)C(=O)N[C@H]1c2ccccc2C[C@@H]1O)OCC1CCOC1. The molecule has 6 rings (SSSR count). The van der Waals surface area contributed by atoms with Gasteiger partial charge >= 0.3 is 6.09 Å². The summed E-state index contributed by atoms with van der Waals surface area (Å²) in [6.07, 6.45) is -0.388. The van der Waals surface area contributed by atoms with Crippen LogP contribution in [0.2, 0.25) is 0 Å². The lowest BCUT2D eigenvalue weighted by molar-refractivity contribution is -0.127. The highest BCUT2D eigenvalue weighted by Gasteiger charge is 2.35. The third-order valence-corrected chi connectivity index (χ3v) is 10.1. The van der Waals surface area contributed by atoms with Gasteiger partial charge in [-0.1, -0.05) is 66.7 Å². The number of rotatable bonds is 16. The number of carbonyl (C=O) groups is 2. The molecular weight excluding hydrogens is 650 g/mol. The summed E-state index contributed by atoms with van der Waals surface area (Å²) in [5.41, 5.74) is 3.74. The summed E-state index contributed by atoms with van der Waals surface area (Å²) in [6.45, 7) is 6.13. The normalized spacial score (nSPS) is 22.0. The highest BCUT2D eigenvalue weighted by Crippen LogP contribution is 2.32. The van der Waals surface area contributed by atoms with Crippen LogP contribution < -0.4 is 15.4 Å². The highest BCUT2D eigenvalue weighted by molar-refractivity contribution is 5.80. The number of nitrogens with one attached hydrogen (secondary N) is 2. The number of alkyl carbamates (subject to hydrolysis) is 1. The molecule has 51 heavy (non-hydrogen) atoms. The second-order valence-electron chi connectivity index (χ2n) is 13.9. The summed E-state index contributed by atoms with van der Waals surface area (Å²) in [5, 5.41) is 28.7. The number of hydrogen-bond donors (Lipinski definition) is 4. The van der Waals surface area contributed by atoms with E-state index in [2.05, 4.69) is 15.5 Å². The molecule has 4 N–H and O–H groups in total. The van der Waals surface area contributed by atoms with E-state index in [0.717, 1.165) is 67.3 Å². The van der Waals surface area contributed by atoms with Gasteiger partial charge < -0.3 is 39.8 Å². The number of aliphatic hydroxyl groups is 2. The van der Waals surface area contributed by atoms with Gasteiger partial charge in [0.05, 0.1) is 50.7 Å². The van der Waals surface area contributed by atoms with Crippen LogP contribution in [0.5, 0.6) is 5.75 Å². The minimum absolute atomic E-state index is 0.0718. The summed E-state index contributed by atoms with van der Waals surface area (Å²) in [6, 6.07) is 23.8. The Hall–Kier alpha value is -4.00. The molecule has 6 atom stereocenters. The summed E-state index contributed by atoms with van der Waals surface area (Å²) in [7, 11) is 0. The lowest BCUT2D eigenvalue weighted by Gasteiger charge is -2.29. The fourth-order valence-electron chi connectivity index (χ4n) is 7.13. The van der Waals surface area contributed by atoms with E-state index in [4.69, 9.17) is 18.9 Å². The van der Waals surface area contributed by atoms with Crippen LogP contribution in [0, 0.1) is 11.8 Å². The maximum atomic E-state index is 14.1. The van der Waals surface area contributed by atoms with Crippen LogP contribution in [0.15, 0.2) is 78.9 Å². The van der Waals surface area contributed by atoms with E-state index >= 15 is 0 Å². The number of hydrogen-bond acceptors (Lipinski definition) is 9. The first kappa shape index (κ1) is 36.8. The van der Waals surface area contributed by atoms with E-state index in [1.165, 1.54) is 0 Å². The van der Waals surface area contributed by atoms with Gasteiger partial charge in [0.2, 0.25) is 5.91 Å². The van der Waals surface area contributed by atoms with Gasteiger partial charge in [-0.15, -0.1) is 0 Å². The summed E-state index contributed by atoms with van der Waals surface area (Å²) >= 11 is 0. The Balaban J connectivity index is 1.15. The summed E-state index contributed by atoms with van der Waals surface area (Å²) in [5.74, 6) is -0.0461. The molecule has 0 bridgehead atoms. The van der Waals surface area contributed by atoms with Crippen molar-refractivity contribution in [3.63, 3.8) is 0 Å². The van der Waals surface area contributed by atoms with Crippen LogP contribution >= 0.6 is 0 Å². The molecule has 0 radical (unpaired) electrons. The third kappa shape index (κ3) is 10.8. The first-order chi connectivity index (χ1) is 24.9. The second-order valence-corrected chi connectivity index (χ2v) is 13.9. The van der Waals surface area contributed by atoms with Crippen LogP contribution in [0.25, 0.3) is 0 Å². The van der Waals surface area contributed by atoms with Gasteiger partial charge in [-0.05, 0) is 60.1 Å². The lowest BCUT2D eigenvalue weighted by Crippen LogP contribution is -2.47. The second kappa shape index (κ2) is 18.5. The molecule has 3 aliphatic rings. The van der Waals surface area contributed by atoms with Crippen LogP contribution in [-0.2, 0) is 38.3 Å². The minimum atomic E-state index is -1.08. The van der Waals surface area contributed by atoms with E-state index in [1.54, 1.807) is 0 Å². The number of amides is 2. The van der Waals surface area contributed by atoms with E-state index in [1.807, 2.05) is 78.9 Å². The number of carbonyl (C=O) groups excluding carboxylic acids is 2. The van der Waals surface area contributed by atoms with E-state index in [0.29, 0.717) is 39.1 Å². The fourth-order valence-corrected chi connectivity index (χ4v) is 7.13. The Labute approximate surface area is 300 Å². The van der Waals surface area contributed by atoms with Gasteiger partial charge in [-0.25, -0.2) is 4.79 Å². The molecule has 2 heterocycles. The smallest absolute Gasteiger partial charge is 0.407 e. The quantitative estimate of drug-likeness (QED) is 0.177. The van der Waals surface area contributed by atoms with Gasteiger partial charge in [0.25, 0.3) is 0 Å². The Morgan fingerprint density at radius 1 is 0.902 bits per heavy atom. The number of ether oxygens (including phenoxy) is 4. The van der Waals surface area contributed by atoms with Crippen LogP contribution in [-0.4, -0.2) is 105 Å². The maximum absolute atomic E-state index is 14.1. The molecule has 2 fully saturated rings. The average molecular weight is 702 g/mol. The van der Waals surface area contributed by atoms with Crippen molar-refractivity contribution in [2.45, 2.75) is 56.4 Å². The Kier molecular flexibility index (Phi) is 13.3. The molecule has 0 spiro atoms. The van der Waals surface area contributed by atoms with Gasteiger partial charge in [0, 0.05) is 44.5 Å². The van der Waals surface area contributed by atoms with E-state index in [9.17, 15) is 19.8 Å². The van der Waals surface area contributed by atoms with Crippen molar-refractivity contribution in [3.05, 3.63) is 101 Å². The molecule has 3 aromatic carbocycles. The molecule has 2 amide bonds. The summed E-state index contributed by atoms with van der Waals surface area (Å²) in [4.78, 5) is 29.4. The maximum Gasteiger partial charge on any atom is 0.407 e. The predicted molar refractivity (Wildman–Crippen MR) is 191 cm³/mol. The van der Waals surface area contributed by atoms with Crippen molar-refractivity contribution in [1.29, 1.82) is 0 Å². The Bertz CT molecular complexity index is 1530. The predicted octanol–water partition coefficient (Wildman–Crippen LogP) is 3.46. The zero-order valence-electron chi connectivity index (χ0n) is 29.2. The van der Waals surface area contributed by atoms with Gasteiger partial charge in [0.1, 0.15) is 12.4 Å². The van der Waals surface area contributed by atoms with Crippen molar-refractivity contribution >= 4 is 12.0 Å². The molecular formula is C40H51N3O8. The molecule has 2 saturated heterocycles. The zero-order valence-corrected chi connectivity index (χ0v) is 29.2. The average Bonchev–Trinajstić information content (AvgIpc) is 3.79. The van der Waals surface area contributed by atoms with Crippen molar-refractivity contribution in [2.75, 3.05) is 59.3 Å². The molecule has 3 aromatic rings. The first-order valence-electron chi connectivity index (χ1n) is 18.2. The molecule has 4 unspecified atom stereocenters. The van der Waals surface area contributed by atoms with Crippen molar-refractivity contribution in [1.82, 2.24) is 15.5 Å². The monoisotopic (exact) mass is 701 g/mol. The molecule has 0 aromatic heterocycles. The molecule has 0 saturated carbocycles. The molecule has 1 aliphatic carbocycles. The lowest BCUT2D eigenvalue weighted by atomic mass is 9.88. The van der Waals surface area contributed by atoms with Gasteiger partial charge in [-0.3, -0.25) is 9.69 Å². The number of fused-ring (bicyclic) bond motifs is 1. The minimum Gasteiger partial charge on any atom is -0.492 e. The van der Waals surface area contributed by atoms with Crippen LogP contribution in [0.3, 0.4) is 0 Å². The fraction of sp³-hybridized carbons (Fsp3) is 0.500. The Morgan fingerprint density at radius 2 is 1.65 bits per heavy atom. The Morgan fingerprint density at radius 3 is 2.41 bits per heavy atom. The van der Waals surface area contributed by atoms with Crippen molar-refractivity contribution in [3.8, 4) is 5.75 Å². The molecule has 274 valence electrons. The number of aliphatic hydroxyl groups excluding tert-OH is 2. The zero-order chi connectivity index (χ0) is 35.4. The van der Waals surface area contributed by atoms with Crippen LogP contribution in [0.4, 0.5) is 4.79 Å². The standard InChI is InChI=1S/C40H51N3O8/c44-36(35(23-28-6-2-1-3-7-28)41-40(47)51-27-30-14-18-49-26-30)25-32(39(46)42-38-34-9-5-4-8-31(34)24-37(38)45)22-29-10-12-33(13-11-29)50-21-17-43-15-19-48-20-16-43/h1-13,30,32,35-38,44-45H,14-27H2,(H,41,47)(H,42,46)/t30?,32?,35?,36?,37-,38-/m0/s1. The van der Waals surface area contributed by atoms with E-state index in [-0.39, 0.29) is 24.9 Å². The number of morpholine rings is 1. The van der Waals surface area contributed by atoms with E-state index < -0.39 is 36.3 Å². The topological polar surface area (TPSA) is 139 Å². The largest absolute Gasteiger partial charge is 0.492 e. The van der Waals surface area contributed by atoms with Crippen molar-refractivity contribution < 1.29 is 38.7 Å². The van der Waals surface area contributed by atoms with Crippen LogP contribution in [0.1, 0.15) is 41.1 Å². The molecule has 2 aliphatic heterocycles. The number of benzene rings is 3. The molecule has 11 nitrogen and oxygen atoms in total. The number of nitrogens with zero attached hydrogens (tertiary/aromatic N) is 1. The first-order valence-corrected chi connectivity index (χ1v) is 18.2. The van der Waals surface area contributed by atoms with Gasteiger partial charge in [-0.2, -0.15) is 0 Å². The molecule has 11 heteroatoms.